The van der Waals surface area contributed by atoms with Gasteiger partial charge in [-0.05, 0) is 30.5 Å². The molecule has 6 heteroatoms. The van der Waals surface area contributed by atoms with Crippen molar-refractivity contribution in [2.45, 2.75) is 26.8 Å². The quantitative estimate of drug-likeness (QED) is 0.803. The number of carbonyl (C=O) groups excluding carboxylic acids is 2. The highest BCUT2D eigenvalue weighted by Gasteiger charge is 2.32. The zero-order valence-corrected chi connectivity index (χ0v) is 14.4. The van der Waals surface area contributed by atoms with Crippen molar-refractivity contribution in [2.24, 2.45) is 5.92 Å². The van der Waals surface area contributed by atoms with E-state index >= 15 is 0 Å². The molecule has 1 aliphatic heterocycles. The zero-order valence-electron chi connectivity index (χ0n) is 12.8. The zero-order chi connectivity index (χ0) is 16.3. The Balaban J connectivity index is 2.34. The summed E-state index contributed by atoms with van der Waals surface area (Å²) < 4.78 is 6.21. The van der Waals surface area contributed by atoms with Crippen molar-refractivity contribution in [3.8, 4) is 0 Å². The van der Waals surface area contributed by atoms with Gasteiger partial charge in [-0.15, -0.1) is 0 Å². The Kier molecular flexibility index (Phi) is 5.24. The van der Waals surface area contributed by atoms with E-state index in [0.717, 1.165) is 10.0 Å². The molecule has 118 valence electrons. The lowest BCUT2D eigenvalue weighted by Crippen LogP contribution is -2.45. The van der Waals surface area contributed by atoms with Crippen LogP contribution in [0.3, 0.4) is 0 Å². The second kappa shape index (κ2) is 6.96. The van der Waals surface area contributed by atoms with Gasteiger partial charge in [0, 0.05) is 10.2 Å². The number of halogens is 1. The van der Waals surface area contributed by atoms with E-state index in [2.05, 4.69) is 26.6 Å². The molecule has 2 amide bonds. The second-order valence-electron chi connectivity index (χ2n) is 5.62. The number of hydrogen-bond acceptors (Lipinski definition) is 3. The summed E-state index contributed by atoms with van der Waals surface area (Å²) >= 11 is 3.41. The lowest BCUT2D eigenvalue weighted by molar-refractivity contribution is -0.140. The molecule has 2 N–H and O–H groups in total. The number of carbonyl (C=O) groups is 2. The van der Waals surface area contributed by atoms with Crippen LogP contribution in [0.25, 0.3) is 0 Å². The Labute approximate surface area is 138 Å². The molecule has 1 unspecified atom stereocenters. The Bertz CT molecular complexity index is 626. The third kappa shape index (κ3) is 3.88. The molecule has 1 aromatic carbocycles. The Morgan fingerprint density at radius 3 is 2.77 bits per heavy atom. The third-order valence-corrected chi connectivity index (χ3v) is 3.71. The highest BCUT2D eigenvalue weighted by Crippen LogP contribution is 2.29. The molecule has 1 aliphatic rings. The van der Waals surface area contributed by atoms with Gasteiger partial charge in [0.2, 0.25) is 0 Å². The highest BCUT2D eigenvalue weighted by atomic mass is 79.9. The maximum atomic E-state index is 12.4. The minimum atomic E-state index is -0.522. The predicted octanol–water partition coefficient (Wildman–Crippen LogP) is 3.28. The largest absolute Gasteiger partial charge is 0.462 e. The van der Waals surface area contributed by atoms with Crippen molar-refractivity contribution in [2.75, 3.05) is 6.61 Å². The fraction of sp³-hybridized carbons (Fsp3) is 0.375. The van der Waals surface area contributed by atoms with Crippen molar-refractivity contribution >= 4 is 27.9 Å². The van der Waals surface area contributed by atoms with Gasteiger partial charge in [-0.25, -0.2) is 9.59 Å². The average Bonchev–Trinajstić information content (AvgIpc) is 2.44. The monoisotopic (exact) mass is 366 g/mol. The van der Waals surface area contributed by atoms with Gasteiger partial charge in [-0.1, -0.05) is 41.9 Å². The van der Waals surface area contributed by atoms with Crippen LogP contribution in [0.1, 0.15) is 32.4 Å². The molecule has 0 radical (unpaired) electrons. The van der Waals surface area contributed by atoms with E-state index in [4.69, 9.17) is 4.74 Å². The molecular formula is C16H19BrN2O3. The van der Waals surface area contributed by atoms with Crippen molar-refractivity contribution < 1.29 is 14.3 Å². The summed E-state index contributed by atoms with van der Waals surface area (Å²) in [6.07, 6.45) is 0. The number of rotatable bonds is 4. The number of benzene rings is 1. The minimum Gasteiger partial charge on any atom is -0.462 e. The normalized spacial score (nSPS) is 18.0. The van der Waals surface area contributed by atoms with E-state index in [1.54, 1.807) is 6.92 Å². The van der Waals surface area contributed by atoms with E-state index in [1.165, 1.54) is 0 Å². The molecular weight excluding hydrogens is 348 g/mol. The van der Waals surface area contributed by atoms with Crippen LogP contribution in [0.2, 0.25) is 0 Å². The fourth-order valence-corrected chi connectivity index (χ4v) is 2.64. The van der Waals surface area contributed by atoms with Crippen molar-refractivity contribution in [3.05, 3.63) is 45.6 Å². The lowest BCUT2D eigenvalue weighted by Gasteiger charge is -2.28. The standard InChI is InChI=1S/C16H19BrN2O3/c1-9(2)8-22-15(20)13-10(3)18-16(21)19-14(13)11-5-4-6-12(17)7-11/h4-7,9,14H,8H2,1-3H3,(H2,18,19,21). The van der Waals surface area contributed by atoms with Gasteiger partial charge in [0.15, 0.2) is 0 Å². The third-order valence-electron chi connectivity index (χ3n) is 3.22. The summed E-state index contributed by atoms with van der Waals surface area (Å²) in [4.78, 5) is 24.2. The van der Waals surface area contributed by atoms with Crippen LogP contribution in [0.15, 0.2) is 40.0 Å². The Morgan fingerprint density at radius 1 is 1.41 bits per heavy atom. The summed E-state index contributed by atoms with van der Waals surface area (Å²) in [6, 6.07) is 6.64. The van der Waals surface area contributed by atoms with Crippen molar-refractivity contribution in [1.82, 2.24) is 10.6 Å². The summed E-state index contributed by atoms with van der Waals surface area (Å²) in [5, 5.41) is 5.41. The predicted molar refractivity (Wildman–Crippen MR) is 87.0 cm³/mol. The fourth-order valence-electron chi connectivity index (χ4n) is 2.22. The smallest absolute Gasteiger partial charge is 0.338 e. The first-order valence-corrected chi connectivity index (χ1v) is 7.88. The number of ether oxygens (including phenoxy) is 1. The van der Waals surface area contributed by atoms with Crippen molar-refractivity contribution in [3.63, 3.8) is 0 Å². The van der Waals surface area contributed by atoms with Gasteiger partial charge in [-0.3, -0.25) is 0 Å². The molecule has 0 aromatic heterocycles. The summed E-state index contributed by atoms with van der Waals surface area (Å²) in [7, 11) is 0. The van der Waals surface area contributed by atoms with E-state index in [0.29, 0.717) is 17.9 Å². The van der Waals surface area contributed by atoms with Gasteiger partial charge in [0.25, 0.3) is 0 Å². The van der Waals surface area contributed by atoms with Crippen molar-refractivity contribution in [1.29, 1.82) is 0 Å². The van der Waals surface area contributed by atoms with Crippen LogP contribution < -0.4 is 10.6 Å². The molecule has 2 rings (SSSR count). The molecule has 1 heterocycles. The van der Waals surface area contributed by atoms with Gasteiger partial charge >= 0.3 is 12.0 Å². The number of urea groups is 1. The number of amides is 2. The Morgan fingerprint density at radius 2 is 2.14 bits per heavy atom. The van der Waals surface area contributed by atoms with Gasteiger partial charge in [-0.2, -0.15) is 0 Å². The highest BCUT2D eigenvalue weighted by molar-refractivity contribution is 9.10. The first-order chi connectivity index (χ1) is 10.4. The molecule has 22 heavy (non-hydrogen) atoms. The van der Waals surface area contributed by atoms with Crippen LogP contribution in [-0.4, -0.2) is 18.6 Å². The maximum absolute atomic E-state index is 12.4. The van der Waals surface area contributed by atoms with Crippen LogP contribution in [-0.2, 0) is 9.53 Å². The van der Waals surface area contributed by atoms with E-state index in [-0.39, 0.29) is 11.9 Å². The van der Waals surface area contributed by atoms with Gasteiger partial charge in [0.05, 0.1) is 18.2 Å². The number of nitrogens with one attached hydrogen (secondary N) is 2. The summed E-state index contributed by atoms with van der Waals surface area (Å²) in [6.45, 7) is 5.99. The average molecular weight is 367 g/mol. The van der Waals surface area contributed by atoms with E-state index < -0.39 is 12.0 Å². The Hall–Kier alpha value is -1.82. The van der Waals surface area contributed by atoms with Crippen LogP contribution in [0, 0.1) is 5.92 Å². The second-order valence-corrected chi connectivity index (χ2v) is 6.53. The number of allylic oxidation sites excluding steroid dienone is 1. The molecule has 1 atom stereocenters. The van der Waals surface area contributed by atoms with Crippen LogP contribution >= 0.6 is 15.9 Å². The van der Waals surface area contributed by atoms with Crippen LogP contribution in [0.4, 0.5) is 4.79 Å². The number of esters is 1. The minimum absolute atomic E-state index is 0.250. The van der Waals surface area contributed by atoms with E-state index in [1.807, 2.05) is 38.1 Å². The van der Waals surface area contributed by atoms with E-state index in [9.17, 15) is 9.59 Å². The lowest BCUT2D eigenvalue weighted by atomic mass is 9.95. The topological polar surface area (TPSA) is 67.4 Å². The first-order valence-electron chi connectivity index (χ1n) is 7.09. The molecule has 1 aromatic rings. The molecule has 0 spiro atoms. The van der Waals surface area contributed by atoms with Gasteiger partial charge in [0.1, 0.15) is 0 Å². The first kappa shape index (κ1) is 16.5. The molecule has 0 aliphatic carbocycles. The number of hydrogen-bond donors (Lipinski definition) is 2. The molecule has 0 fully saturated rings. The maximum Gasteiger partial charge on any atom is 0.338 e. The molecule has 0 saturated carbocycles. The summed E-state index contributed by atoms with van der Waals surface area (Å²) in [5.74, 6) is -0.163. The molecule has 5 nitrogen and oxygen atoms in total. The molecule has 0 bridgehead atoms. The molecule has 0 saturated heterocycles. The van der Waals surface area contributed by atoms with Gasteiger partial charge < -0.3 is 15.4 Å². The van der Waals surface area contributed by atoms with Crippen LogP contribution in [0.5, 0.6) is 0 Å². The SMILES string of the molecule is CC1=C(C(=O)OCC(C)C)C(c2cccc(Br)c2)NC(=O)N1. The summed E-state index contributed by atoms with van der Waals surface area (Å²) in [5.41, 5.74) is 1.76.